The molecule has 112 valence electrons. The first-order valence-electron chi connectivity index (χ1n) is 6.85. The number of nitrogens with zero attached hydrogens (tertiary/aromatic N) is 1. The Bertz CT molecular complexity index is 449. The summed E-state index contributed by atoms with van der Waals surface area (Å²) in [5.41, 5.74) is 6.80. The van der Waals surface area contributed by atoms with Gasteiger partial charge >= 0.3 is 0 Å². The molecule has 0 aliphatic carbocycles. The first-order chi connectivity index (χ1) is 9.42. The molecule has 0 aliphatic heterocycles. The maximum absolute atomic E-state index is 13.8. The maximum Gasteiger partial charge on any atom is 0.234 e. The molecule has 20 heavy (non-hydrogen) atoms. The van der Waals surface area contributed by atoms with Crippen LogP contribution in [0.4, 0.5) is 4.39 Å². The van der Waals surface area contributed by atoms with Crippen molar-refractivity contribution in [3.05, 3.63) is 35.1 Å². The van der Waals surface area contributed by atoms with E-state index < -0.39 is 0 Å². The molecule has 0 aromatic heterocycles. The zero-order valence-electron chi connectivity index (χ0n) is 12.4. The lowest BCUT2D eigenvalue weighted by Crippen LogP contribution is -2.36. The van der Waals surface area contributed by atoms with E-state index in [-0.39, 0.29) is 18.3 Å². The normalized spacial score (nSPS) is 11.2. The Balaban J connectivity index is 2.49. The summed E-state index contributed by atoms with van der Waals surface area (Å²) in [7, 11) is 1.80. The van der Waals surface area contributed by atoms with E-state index in [4.69, 9.17) is 5.73 Å². The van der Waals surface area contributed by atoms with Gasteiger partial charge in [-0.1, -0.05) is 26.0 Å². The Hall–Kier alpha value is -1.46. The van der Waals surface area contributed by atoms with Gasteiger partial charge in [0.15, 0.2) is 0 Å². The Morgan fingerprint density at radius 1 is 1.45 bits per heavy atom. The number of hydrogen-bond donors (Lipinski definition) is 2. The van der Waals surface area contributed by atoms with Gasteiger partial charge in [0, 0.05) is 25.2 Å². The summed E-state index contributed by atoms with van der Waals surface area (Å²) in [5, 5.41) is 2.84. The minimum atomic E-state index is -0.276. The van der Waals surface area contributed by atoms with Crippen LogP contribution in [0.1, 0.15) is 25.0 Å². The maximum atomic E-state index is 13.8. The molecular formula is C15H24FN3O. The predicted octanol–water partition coefficient (Wildman–Crippen LogP) is 1.49. The molecule has 0 radical (unpaired) electrons. The van der Waals surface area contributed by atoms with Crippen LogP contribution < -0.4 is 11.1 Å². The van der Waals surface area contributed by atoms with Crippen LogP contribution in [0, 0.1) is 11.7 Å². The summed E-state index contributed by atoms with van der Waals surface area (Å²) in [4.78, 5) is 13.5. The van der Waals surface area contributed by atoms with Gasteiger partial charge in [0.05, 0.1) is 6.54 Å². The van der Waals surface area contributed by atoms with Crippen molar-refractivity contribution in [3.8, 4) is 0 Å². The van der Waals surface area contributed by atoms with Crippen molar-refractivity contribution in [3.63, 3.8) is 0 Å². The number of nitrogens with one attached hydrogen (secondary N) is 1. The minimum absolute atomic E-state index is 0.0415. The van der Waals surface area contributed by atoms with Gasteiger partial charge < -0.3 is 11.1 Å². The molecule has 0 aliphatic rings. The molecule has 0 saturated heterocycles. The Kier molecular flexibility index (Phi) is 6.61. The first-order valence-corrected chi connectivity index (χ1v) is 6.85. The molecule has 1 aromatic rings. The highest BCUT2D eigenvalue weighted by Crippen LogP contribution is 2.12. The Labute approximate surface area is 120 Å². The molecule has 0 bridgehead atoms. The van der Waals surface area contributed by atoms with E-state index in [1.165, 1.54) is 6.07 Å². The van der Waals surface area contributed by atoms with Gasteiger partial charge in [0.2, 0.25) is 5.91 Å². The molecule has 0 saturated carbocycles. The number of rotatable bonds is 7. The van der Waals surface area contributed by atoms with E-state index in [1.54, 1.807) is 18.0 Å². The number of benzene rings is 1. The molecule has 0 fully saturated rings. The molecule has 3 N–H and O–H groups in total. The fourth-order valence-electron chi connectivity index (χ4n) is 1.81. The van der Waals surface area contributed by atoms with Crippen LogP contribution in [0.15, 0.2) is 18.2 Å². The summed E-state index contributed by atoms with van der Waals surface area (Å²) < 4.78 is 13.8. The number of likely N-dealkylation sites (N-methyl/N-ethyl adjacent to an activating group) is 1. The van der Waals surface area contributed by atoms with Gasteiger partial charge in [-0.05, 0) is 24.6 Å². The van der Waals surface area contributed by atoms with Crippen LogP contribution in [-0.2, 0) is 17.9 Å². The third kappa shape index (κ3) is 5.67. The van der Waals surface area contributed by atoms with E-state index in [9.17, 15) is 9.18 Å². The van der Waals surface area contributed by atoms with Gasteiger partial charge in [-0.25, -0.2) is 4.39 Å². The van der Waals surface area contributed by atoms with Crippen molar-refractivity contribution < 1.29 is 9.18 Å². The smallest absolute Gasteiger partial charge is 0.234 e. The molecule has 1 aromatic carbocycles. The van der Waals surface area contributed by atoms with Crippen molar-refractivity contribution in [1.82, 2.24) is 10.2 Å². The van der Waals surface area contributed by atoms with E-state index in [0.717, 1.165) is 5.56 Å². The Morgan fingerprint density at radius 3 is 2.70 bits per heavy atom. The lowest BCUT2D eigenvalue weighted by Gasteiger charge is -2.17. The number of hydrogen-bond acceptors (Lipinski definition) is 3. The monoisotopic (exact) mass is 281 g/mol. The van der Waals surface area contributed by atoms with Crippen molar-refractivity contribution in [2.75, 3.05) is 20.1 Å². The highest BCUT2D eigenvalue weighted by atomic mass is 19.1. The van der Waals surface area contributed by atoms with Gasteiger partial charge in [-0.2, -0.15) is 0 Å². The molecule has 5 heteroatoms. The lowest BCUT2D eigenvalue weighted by atomic mass is 10.1. The standard InChI is InChI=1S/C15H24FN3O/c1-11(2)8-18-15(20)10-19(3)9-13-5-4-12(7-17)6-14(13)16/h4-6,11H,7-10,17H2,1-3H3,(H,18,20). The molecule has 0 heterocycles. The molecule has 0 atom stereocenters. The summed E-state index contributed by atoms with van der Waals surface area (Å²) in [6.07, 6.45) is 0. The fourth-order valence-corrected chi connectivity index (χ4v) is 1.81. The second kappa shape index (κ2) is 7.97. The van der Waals surface area contributed by atoms with Gasteiger partial charge in [0.25, 0.3) is 0 Å². The van der Waals surface area contributed by atoms with E-state index in [1.807, 2.05) is 19.9 Å². The zero-order chi connectivity index (χ0) is 15.1. The Morgan fingerprint density at radius 2 is 2.15 bits per heavy atom. The van der Waals surface area contributed by atoms with E-state index in [0.29, 0.717) is 31.1 Å². The topological polar surface area (TPSA) is 58.4 Å². The van der Waals surface area contributed by atoms with Crippen LogP contribution in [0.5, 0.6) is 0 Å². The number of carbonyl (C=O) groups is 1. The summed E-state index contributed by atoms with van der Waals surface area (Å²) >= 11 is 0. The summed E-state index contributed by atoms with van der Waals surface area (Å²) in [5.74, 6) is 0.105. The lowest BCUT2D eigenvalue weighted by molar-refractivity contribution is -0.122. The zero-order valence-corrected chi connectivity index (χ0v) is 12.4. The highest BCUT2D eigenvalue weighted by Gasteiger charge is 2.10. The predicted molar refractivity (Wildman–Crippen MR) is 78.5 cm³/mol. The summed E-state index contributed by atoms with van der Waals surface area (Å²) in [6.45, 7) is 5.71. The van der Waals surface area contributed by atoms with Gasteiger partial charge in [-0.3, -0.25) is 9.69 Å². The number of amides is 1. The third-order valence-electron chi connectivity index (χ3n) is 2.91. The summed E-state index contributed by atoms with van der Waals surface area (Å²) in [6, 6.07) is 4.98. The molecule has 0 spiro atoms. The van der Waals surface area contributed by atoms with Gasteiger partial charge in [-0.15, -0.1) is 0 Å². The highest BCUT2D eigenvalue weighted by molar-refractivity contribution is 5.77. The number of nitrogens with two attached hydrogens (primary N) is 1. The molecule has 1 rings (SSSR count). The number of carbonyl (C=O) groups excluding carboxylic acids is 1. The quantitative estimate of drug-likeness (QED) is 0.796. The largest absolute Gasteiger partial charge is 0.355 e. The second-order valence-corrected chi connectivity index (χ2v) is 5.50. The van der Waals surface area contributed by atoms with E-state index >= 15 is 0 Å². The molecule has 1 amide bonds. The number of halogens is 1. The van der Waals surface area contributed by atoms with Crippen molar-refractivity contribution >= 4 is 5.91 Å². The minimum Gasteiger partial charge on any atom is -0.355 e. The van der Waals surface area contributed by atoms with Crippen LogP contribution in [-0.4, -0.2) is 30.9 Å². The average molecular weight is 281 g/mol. The van der Waals surface area contributed by atoms with Crippen LogP contribution in [0.25, 0.3) is 0 Å². The third-order valence-corrected chi connectivity index (χ3v) is 2.91. The first kappa shape index (κ1) is 16.6. The average Bonchev–Trinajstić information content (AvgIpc) is 2.38. The fraction of sp³-hybridized carbons (Fsp3) is 0.533. The van der Waals surface area contributed by atoms with Crippen LogP contribution in [0.2, 0.25) is 0 Å². The molecule has 0 unspecified atom stereocenters. The molecular weight excluding hydrogens is 257 g/mol. The SMILES string of the molecule is CC(C)CNC(=O)CN(C)Cc1ccc(CN)cc1F. The van der Waals surface area contributed by atoms with Crippen molar-refractivity contribution in [2.24, 2.45) is 11.7 Å². The van der Waals surface area contributed by atoms with Crippen LogP contribution >= 0.6 is 0 Å². The van der Waals surface area contributed by atoms with Crippen molar-refractivity contribution in [2.45, 2.75) is 26.9 Å². The second-order valence-electron chi connectivity index (χ2n) is 5.50. The van der Waals surface area contributed by atoms with Crippen LogP contribution in [0.3, 0.4) is 0 Å². The van der Waals surface area contributed by atoms with E-state index in [2.05, 4.69) is 5.32 Å². The van der Waals surface area contributed by atoms with Crippen molar-refractivity contribution in [1.29, 1.82) is 0 Å². The van der Waals surface area contributed by atoms with Gasteiger partial charge in [0.1, 0.15) is 5.82 Å². The molecule has 4 nitrogen and oxygen atoms in total.